The van der Waals surface area contributed by atoms with Crippen LogP contribution in [0.5, 0.6) is 11.5 Å². The highest BCUT2D eigenvalue weighted by molar-refractivity contribution is 5.94. The second-order valence-corrected chi connectivity index (χ2v) is 6.34. The quantitative estimate of drug-likeness (QED) is 0.863. The third-order valence-electron chi connectivity index (χ3n) is 4.60. The summed E-state index contributed by atoms with van der Waals surface area (Å²) in [5.41, 5.74) is 4.02. The average Bonchev–Trinajstić information content (AvgIpc) is 2.70. The van der Waals surface area contributed by atoms with Gasteiger partial charge < -0.3 is 19.7 Å². The molecule has 0 radical (unpaired) electrons. The van der Waals surface area contributed by atoms with Crippen molar-refractivity contribution in [3.05, 3.63) is 47.3 Å². The zero-order chi connectivity index (χ0) is 18.5. The van der Waals surface area contributed by atoms with E-state index < -0.39 is 0 Å². The minimum Gasteiger partial charge on any atom is -0.493 e. The Bertz CT molecular complexity index is 792. The maximum atomic E-state index is 12.2. The molecule has 0 saturated heterocycles. The molecule has 0 aliphatic carbocycles. The lowest BCUT2D eigenvalue weighted by Crippen LogP contribution is -2.31. The number of hydrogen-bond donors (Lipinski definition) is 1. The van der Waals surface area contributed by atoms with Gasteiger partial charge in [-0.25, -0.2) is 0 Å². The van der Waals surface area contributed by atoms with Crippen LogP contribution in [-0.4, -0.2) is 38.2 Å². The van der Waals surface area contributed by atoms with Gasteiger partial charge in [0.1, 0.15) is 0 Å². The lowest BCUT2D eigenvalue weighted by atomic mass is 9.98. The maximum Gasteiger partial charge on any atom is 0.252 e. The summed E-state index contributed by atoms with van der Waals surface area (Å²) in [5, 5.41) is 2.89. The van der Waals surface area contributed by atoms with E-state index in [1.165, 1.54) is 11.1 Å². The molecule has 1 amide bonds. The van der Waals surface area contributed by atoms with Crippen molar-refractivity contribution in [3.8, 4) is 11.5 Å². The Morgan fingerprint density at radius 1 is 1.15 bits per heavy atom. The van der Waals surface area contributed by atoms with Crippen LogP contribution in [0.1, 0.15) is 34.8 Å². The van der Waals surface area contributed by atoms with Gasteiger partial charge in [-0.1, -0.05) is 6.92 Å². The van der Waals surface area contributed by atoms with Gasteiger partial charge in [0.25, 0.3) is 5.91 Å². The van der Waals surface area contributed by atoms with Crippen molar-refractivity contribution in [2.24, 2.45) is 0 Å². The number of amides is 1. The number of methoxy groups -OCH3 is 2. The number of carbonyl (C=O) groups is 1. The standard InChI is InChI=1S/C20H25N3O3/c1-4-6-22-20(24)15-8-17(12-21-11-15)23-7-5-14-9-18(25-2)19(26-3)10-16(14)13-23/h8-12H,4-7,13H2,1-3H3,(H,22,24). The normalized spacial score (nSPS) is 13.1. The lowest BCUT2D eigenvalue weighted by Gasteiger charge is -2.31. The largest absolute Gasteiger partial charge is 0.493 e. The Morgan fingerprint density at radius 2 is 1.88 bits per heavy atom. The van der Waals surface area contributed by atoms with Gasteiger partial charge >= 0.3 is 0 Å². The molecule has 3 rings (SSSR count). The first-order chi connectivity index (χ1) is 12.7. The fourth-order valence-corrected chi connectivity index (χ4v) is 3.17. The highest BCUT2D eigenvalue weighted by atomic mass is 16.5. The summed E-state index contributed by atoms with van der Waals surface area (Å²) >= 11 is 0. The van der Waals surface area contributed by atoms with Gasteiger partial charge in [0, 0.05) is 25.8 Å². The number of ether oxygens (including phenoxy) is 2. The van der Waals surface area contributed by atoms with E-state index in [9.17, 15) is 4.79 Å². The van der Waals surface area contributed by atoms with Crippen LogP contribution in [0.3, 0.4) is 0 Å². The number of nitrogens with zero attached hydrogens (tertiary/aromatic N) is 2. The molecule has 0 spiro atoms. The number of rotatable bonds is 6. The maximum absolute atomic E-state index is 12.2. The third-order valence-corrected chi connectivity index (χ3v) is 4.60. The molecule has 1 aromatic heterocycles. The molecule has 1 aliphatic rings. The van der Waals surface area contributed by atoms with Crippen molar-refractivity contribution >= 4 is 11.6 Å². The molecule has 0 saturated carbocycles. The summed E-state index contributed by atoms with van der Waals surface area (Å²) in [4.78, 5) is 18.7. The van der Waals surface area contributed by atoms with Gasteiger partial charge in [0.2, 0.25) is 0 Å². The number of hydrogen-bond acceptors (Lipinski definition) is 5. The van der Waals surface area contributed by atoms with E-state index in [1.807, 2.05) is 25.3 Å². The van der Waals surface area contributed by atoms with Crippen molar-refractivity contribution in [1.82, 2.24) is 10.3 Å². The fraction of sp³-hybridized carbons (Fsp3) is 0.400. The van der Waals surface area contributed by atoms with Crippen LogP contribution in [0.15, 0.2) is 30.6 Å². The van der Waals surface area contributed by atoms with Crippen molar-refractivity contribution < 1.29 is 14.3 Å². The van der Waals surface area contributed by atoms with Crippen molar-refractivity contribution in [2.45, 2.75) is 26.3 Å². The van der Waals surface area contributed by atoms with E-state index in [1.54, 1.807) is 20.4 Å². The smallest absolute Gasteiger partial charge is 0.252 e. The van der Waals surface area contributed by atoms with E-state index in [0.717, 1.165) is 43.1 Å². The van der Waals surface area contributed by atoms with E-state index >= 15 is 0 Å². The fourth-order valence-electron chi connectivity index (χ4n) is 3.17. The molecule has 0 bridgehead atoms. The molecule has 2 heterocycles. The topological polar surface area (TPSA) is 63.7 Å². The number of carbonyl (C=O) groups excluding carboxylic acids is 1. The molecule has 6 heteroatoms. The van der Waals surface area contributed by atoms with Crippen LogP contribution >= 0.6 is 0 Å². The Balaban J connectivity index is 1.81. The van der Waals surface area contributed by atoms with Crippen LogP contribution in [0.2, 0.25) is 0 Å². The number of benzene rings is 1. The minimum atomic E-state index is -0.0787. The third kappa shape index (κ3) is 3.74. The number of pyridine rings is 1. The summed E-state index contributed by atoms with van der Waals surface area (Å²) in [6.07, 6.45) is 5.23. The number of fused-ring (bicyclic) bond motifs is 1. The molecule has 1 N–H and O–H groups in total. The van der Waals surface area contributed by atoms with E-state index in [0.29, 0.717) is 12.1 Å². The monoisotopic (exact) mass is 355 g/mol. The van der Waals surface area contributed by atoms with Gasteiger partial charge in [0.05, 0.1) is 31.7 Å². The number of anilines is 1. The first-order valence-corrected chi connectivity index (χ1v) is 8.88. The van der Waals surface area contributed by atoms with E-state index in [2.05, 4.69) is 21.3 Å². The molecule has 2 aromatic rings. The van der Waals surface area contributed by atoms with Crippen LogP contribution < -0.4 is 19.7 Å². The molecule has 1 aromatic carbocycles. The Labute approximate surface area is 154 Å². The summed E-state index contributed by atoms with van der Waals surface area (Å²) in [7, 11) is 3.30. The summed E-state index contributed by atoms with van der Waals surface area (Å²) in [6, 6.07) is 5.99. The molecule has 0 fully saturated rings. The second kappa shape index (κ2) is 8.08. The van der Waals surface area contributed by atoms with Crippen molar-refractivity contribution in [3.63, 3.8) is 0 Å². The average molecular weight is 355 g/mol. The minimum absolute atomic E-state index is 0.0787. The van der Waals surface area contributed by atoms with Gasteiger partial charge in [-0.3, -0.25) is 9.78 Å². The van der Waals surface area contributed by atoms with Crippen molar-refractivity contribution in [1.29, 1.82) is 0 Å². The predicted molar refractivity (Wildman–Crippen MR) is 101 cm³/mol. The molecular weight excluding hydrogens is 330 g/mol. The predicted octanol–water partition coefficient (Wildman–Crippen LogP) is 2.80. The molecule has 0 unspecified atom stereocenters. The Morgan fingerprint density at radius 3 is 2.58 bits per heavy atom. The highest BCUT2D eigenvalue weighted by Crippen LogP contribution is 2.34. The summed E-state index contributed by atoms with van der Waals surface area (Å²) in [6.45, 7) is 4.31. The lowest BCUT2D eigenvalue weighted by molar-refractivity contribution is 0.0953. The van der Waals surface area contributed by atoms with Crippen LogP contribution in [0, 0.1) is 0 Å². The van der Waals surface area contributed by atoms with Gasteiger partial charge in [0.15, 0.2) is 11.5 Å². The Hall–Kier alpha value is -2.76. The molecule has 26 heavy (non-hydrogen) atoms. The van der Waals surface area contributed by atoms with E-state index in [-0.39, 0.29) is 5.91 Å². The second-order valence-electron chi connectivity index (χ2n) is 6.34. The van der Waals surface area contributed by atoms with Crippen LogP contribution in [0.4, 0.5) is 5.69 Å². The summed E-state index contributed by atoms with van der Waals surface area (Å²) < 4.78 is 10.8. The molecule has 6 nitrogen and oxygen atoms in total. The highest BCUT2D eigenvalue weighted by Gasteiger charge is 2.20. The van der Waals surface area contributed by atoms with Crippen molar-refractivity contribution in [2.75, 3.05) is 32.2 Å². The number of aromatic nitrogens is 1. The molecular formula is C20H25N3O3. The molecule has 138 valence electrons. The summed E-state index contributed by atoms with van der Waals surface area (Å²) in [5.74, 6) is 1.42. The Kier molecular flexibility index (Phi) is 5.61. The van der Waals surface area contributed by atoms with Crippen LogP contribution in [0.25, 0.3) is 0 Å². The SMILES string of the molecule is CCCNC(=O)c1cncc(N2CCc3cc(OC)c(OC)cc3C2)c1. The molecule has 0 atom stereocenters. The van der Waals surface area contributed by atoms with Gasteiger partial charge in [-0.2, -0.15) is 0 Å². The van der Waals surface area contributed by atoms with Crippen LogP contribution in [-0.2, 0) is 13.0 Å². The van der Waals surface area contributed by atoms with Gasteiger partial charge in [-0.15, -0.1) is 0 Å². The first-order valence-electron chi connectivity index (χ1n) is 8.88. The first kappa shape index (κ1) is 18.0. The molecule has 1 aliphatic heterocycles. The zero-order valence-corrected chi connectivity index (χ0v) is 15.5. The van der Waals surface area contributed by atoms with E-state index in [4.69, 9.17) is 9.47 Å². The number of nitrogens with one attached hydrogen (secondary N) is 1. The zero-order valence-electron chi connectivity index (χ0n) is 15.5. The van der Waals surface area contributed by atoms with Gasteiger partial charge in [-0.05, 0) is 42.2 Å².